The highest BCUT2D eigenvalue weighted by Crippen LogP contribution is 2.02. The SMILES string of the molecule is CC.CC.Cc1cnn2cccnc12. The zero-order valence-corrected chi connectivity index (χ0v) is 9.65. The van der Waals surface area contributed by atoms with Crippen molar-refractivity contribution in [1.29, 1.82) is 0 Å². The minimum absolute atomic E-state index is 0.933. The highest BCUT2D eigenvalue weighted by Gasteiger charge is 1.95. The van der Waals surface area contributed by atoms with Crippen LogP contribution in [-0.2, 0) is 0 Å². The summed E-state index contributed by atoms with van der Waals surface area (Å²) in [7, 11) is 0. The third-order valence-corrected chi connectivity index (χ3v) is 1.46. The molecule has 0 spiro atoms. The molecule has 0 aliphatic heterocycles. The van der Waals surface area contributed by atoms with Gasteiger partial charge < -0.3 is 0 Å². The summed E-state index contributed by atoms with van der Waals surface area (Å²) in [6.07, 6.45) is 5.46. The van der Waals surface area contributed by atoms with Crippen molar-refractivity contribution in [2.24, 2.45) is 0 Å². The van der Waals surface area contributed by atoms with Gasteiger partial charge >= 0.3 is 0 Å². The largest absolute Gasteiger partial charge is 0.237 e. The maximum Gasteiger partial charge on any atom is 0.157 e. The monoisotopic (exact) mass is 193 g/mol. The van der Waals surface area contributed by atoms with Gasteiger partial charge in [-0.1, -0.05) is 27.7 Å². The number of hydrogen-bond donors (Lipinski definition) is 0. The molecule has 0 bridgehead atoms. The molecule has 0 aromatic carbocycles. The first-order chi connectivity index (χ1) is 6.88. The minimum atomic E-state index is 0.933. The summed E-state index contributed by atoms with van der Waals surface area (Å²) in [5.41, 5.74) is 2.04. The summed E-state index contributed by atoms with van der Waals surface area (Å²) >= 11 is 0. The van der Waals surface area contributed by atoms with E-state index in [4.69, 9.17) is 0 Å². The van der Waals surface area contributed by atoms with Crippen LogP contribution >= 0.6 is 0 Å². The van der Waals surface area contributed by atoms with Crippen molar-refractivity contribution in [2.45, 2.75) is 34.6 Å². The van der Waals surface area contributed by atoms with Crippen LogP contribution in [0.25, 0.3) is 5.65 Å². The normalized spacial score (nSPS) is 8.36. The second-order valence-electron chi connectivity index (χ2n) is 2.22. The average molecular weight is 193 g/mol. The first-order valence-electron chi connectivity index (χ1n) is 5.13. The maximum atomic E-state index is 4.14. The number of rotatable bonds is 0. The van der Waals surface area contributed by atoms with E-state index in [-0.39, 0.29) is 0 Å². The van der Waals surface area contributed by atoms with E-state index < -0.39 is 0 Å². The molecule has 0 aliphatic carbocycles. The molecule has 0 radical (unpaired) electrons. The summed E-state index contributed by atoms with van der Waals surface area (Å²) in [4.78, 5) is 4.14. The van der Waals surface area contributed by atoms with Crippen LogP contribution in [0.5, 0.6) is 0 Å². The third-order valence-electron chi connectivity index (χ3n) is 1.46. The Labute approximate surface area is 85.8 Å². The quantitative estimate of drug-likeness (QED) is 0.643. The van der Waals surface area contributed by atoms with Crippen molar-refractivity contribution < 1.29 is 0 Å². The van der Waals surface area contributed by atoms with Gasteiger partial charge in [-0.05, 0) is 13.0 Å². The molecule has 2 aromatic rings. The lowest BCUT2D eigenvalue weighted by Gasteiger charge is -1.88. The molecule has 14 heavy (non-hydrogen) atoms. The molecule has 3 nitrogen and oxygen atoms in total. The minimum Gasteiger partial charge on any atom is -0.237 e. The van der Waals surface area contributed by atoms with Crippen LogP contribution < -0.4 is 0 Å². The van der Waals surface area contributed by atoms with E-state index in [1.807, 2.05) is 53.1 Å². The van der Waals surface area contributed by atoms with Crippen LogP contribution in [0, 0.1) is 6.92 Å². The Morgan fingerprint density at radius 1 is 1.14 bits per heavy atom. The molecule has 0 N–H and O–H groups in total. The number of nitrogens with zero attached hydrogens (tertiary/aromatic N) is 3. The van der Waals surface area contributed by atoms with Gasteiger partial charge in [0.25, 0.3) is 0 Å². The van der Waals surface area contributed by atoms with Crippen molar-refractivity contribution in [2.75, 3.05) is 0 Å². The van der Waals surface area contributed by atoms with Gasteiger partial charge in [-0.3, -0.25) is 0 Å². The summed E-state index contributed by atoms with van der Waals surface area (Å²) < 4.78 is 1.76. The zero-order chi connectivity index (χ0) is 11.0. The summed E-state index contributed by atoms with van der Waals surface area (Å²) in [6.45, 7) is 10.00. The van der Waals surface area contributed by atoms with E-state index >= 15 is 0 Å². The van der Waals surface area contributed by atoms with Gasteiger partial charge in [-0.15, -0.1) is 0 Å². The highest BCUT2D eigenvalue weighted by molar-refractivity contribution is 5.44. The molecule has 78 valence electrons. The Balaban J connectivity index is 0.000000379. The lowest BCUT2D eigenvalue weighted by Crippen LogP contribution is -1.86. The van der Waals surface area contributed by atoms with Gasteiger partial charge in [-0.25, -0.2) is 9.50 Å². The first kappa shape index (κ1) is 12.6. The predicted molar refractivity (Wildman–Crippen MR) is 60.4 cm³/mol. The number of fused-ring (bicyclic) bond motifs is 1. The molecule has 0 atom stereocenters. The van der Waals surface area contributed by atoms with Crippen LogP contribution in [0.3, 0.4) is 0 Å². The first-order valence-corrected chi connectivity index (χ1v) is 5.13. The van der Waals surface area contributed by atoms with Crippen molar-refractivity contribution in [3.63, 3.8) is 0 Å². The topological polar surface area (TPSA) is 30.2 Å². The lowest BCUT2D eigenvalue weighted by atomic mass is 10.4. The van der Waals surface area contributed by atoms with E-state index in [9.17, 15) is 0 Å². The van der Waals surface area contributed by atoms with Gasteiger partial charge in [0.15, 0.2) is 5.65 Å². The lowest BCUT2D eigenvalue weighted by molar-refractivity contribution is 0.939. The molecule has 2 rings (SSSR count). The fourth-order valence-electron chi connectivity index (χ4n) is 0.946. The molecular formula is C11H19N3. The van der Waals surface area contributed by atoms with Crippen molar-refractivity contribution >= 4 is 5.65 Å². The summed E-state index contributed by atoms with van der Waals surface area (Å²) in [6, 6.07) is 1.86. The maximum absolute atomic E-state index is 4.14. The molecule has 0 fully saturated rings. The molecule has 0 saturated heterocycles. The Morgan fingerprint density at radius 3 is 2.36 bits per heavy atom. The van der Waals surface area contributed by atoms with Gasteiger partial charge in [-0.2, -0.15) is 5.10 Å². The predicted octanol–water partition coefficient (Wildman–Crippen LogP) is 3.09. The molecular weight excluding hydrogens is 174 g/mol. The Hall–Kier alpha value is -1.38. The van der Waals surface area contributed by atoms with Crippen LogP contribution in [-0.4, -0.2) is 14.6 Å². The van der Waals surface area contributed by atoms with Gasteiger partial charge in [0.05, 0.1) is 6.20 Å². The zero-order valence-electron chi connectivity index (χ0n) is 9.65. The molecule has 3 heteroatoms. The molecule has 0 amide bonds. The Kier molecular flexibility index (Phi) is 6.37. The smallest absolute Gasteiger partial charge is 0.157 e. The van der Waals surface area contributed by atoms with E-state index in [1.54, 1.807) is 10.7 Å². The van der Waals surface area contributed by atoms with Crippen LogP contribution in [0.2, 0.25) is 0 Å². The average Bonchev–Trinajstić information content (AvgIpc) is 2.67. The number of aromatic nitrogens is 3. The number of aryl methyl sites for hydroxylation is 1. The van der Waals surface area contributed by atoms with E-state index in [0.29, 0.717) is 0 Å². The molecule has 2 heterocycles. The van der Waals surface area contributed by atoms with Crippen molar-refractivity contribution in [3.8, 4) is 0 Å². The third kappa shape index (κ3) is 2.83. The van der Waals surface area contributed by atoms with Gasteiger partial charge in [0.2, 0.25) is 0 Å². The van der Waals surface area contributed by atoms with Crippen LogP contribution in [0.15, 0.2) is 24.7 Å². The standard InChI is InChI=1S/C7H7N3.2C2H6/c1-6-5-9-10-4-2-3-8-7(6)10;2*1-2/h2-5H,1H3;2*1-2H3. The van der Waals surface area contributed by atoms with Crippen LogP contribution in [0.4, 0.5) is 0 Å². The molecule has 2 aromatic heterocycles. The van der Waals surface area contributed by atoms with Gasteiger partial charge in [0, 0.05) is 18.0 Å². The fraction of sp³-hybridized carbons (Fsp3) is 0.455. The van der Waals surface area contributed by atoms with Gasteiger partial charge in [0.1, 0.15) is 0 Å². The fourth-order valence-corrected chi connectivity index (χ4v) is 0.946. The second kappa shape index (κ2) is 7.06. The summed E-state index contributed by atoms with van der Waals surface area (Å²) in [5, 5.41) is 4.07. The van der Waals surface area contributed by atoms with Crippen LogP contribution in [0.1, 0.15) is 33.3 Å². The Bertz CT molecular complexity index is 352. The molecule has 0 unspecified atom stereocenters. The van der Waals surface area contributed by atoms with E-state index in [2.05, 4.69) is 10.1 Å². The second-order valence-corrected chi connectivity index (χ2v) is 2.22. The summed E-state index contributed by atoms with van der Waals surface area (Å²) in [5.74, 6) is 0. The Morgan fingerprint density at radius 2 is 1.79 bits per heavy atom. The highest BCUT2D eigenvalue weighted by atomic mass is 15.2. The molecule has 0 saturated carbocycles. The van der Waals surface area contributed by atoms with Crippen molar-refractivity contribution in [3.05, 3.63) is 30.2 Å². The van der Waals surface area contributed by atoms with E-state index in [0.717, 1.165) is 11.2 Å². The number of hydrogen-bond acceptors (Lipinski definition) is 2. The molecule has 0 aliphatic rings. The van der Waals surface area contributed by atoms with E-state index in [1.165, 1.54) is 0 Å². The van der Waals surface area contributed by atoms with Crippen molar-refractivity contribution in [1.82, 2.24) is 14.6 Å².